The smallest absolute Gasteiger partial charge is 0.338 e. The third-order valence-corrected chi connectivity index (χ3v) is 4.47. The quantitative estimate of drug-likeness (QED) is 0.532. The zero-order valence-corrected chi connectivity index (χ0v) is 15.5. The van der Waals surface area contributed by atoms with Crippen LogP contribution in [0.2, 0.25) is 0 Å². The zero-order chi connectivity index (χ0) is 18.1. The molecule has 0 saturated heterocycles. The summed E-state index contributed by atoms with van der Waals surface area (Å²) in [7, 11) is 0. The number of anilines is 1. The molecule has 1 N–H and O–H groups in total. The monoisotopic (exact) mass is 360 g/mol. The van der Waals surface area contributed by atoms with Gasteiger partial charge in [-0.1, -0.05) is 26.2 Å². The van der Waals surface area contributed by atoms with Crippen molar-refractivity contribution in [1.29, 1.82) is 0 Å². The highest BCUT2D eigenvalue weighted by Crippen LogP contribution is 2.13. The van der Waals surface area contributed by atoms with Gasteiger partial charge in [-0.05, 0) is 37.6 Å². The summed E-state index contributed by atoms with van der Waals surface area (Å²) in [6, 6.07) is 6.74. The fourth-order valence-electron chi connectivity index (χ4n) is 2.33. The van der Waals surface area contributed by atoms with Crippen LogP contribution in [0.1, 0.15) is 53.7 Å². The zero-order valence-electron chi connectivity index (χ0n) is 14.7. The van der Waals surface area contributed by atoms with E-state index in [4.69, 9.17) is 4.74 Å². The van der Waals surface area contributed by atoms with Crippen molar-refractivity contribution in [2.45, 2.75) is 46.0 Å². The van der Waals surface area contributed by atoms with E-state index in [0.717, 1.165) is 36.4 Å². The first-order valence-electron chi connectivity index (χ1n) is 8.56. The maximum atomic E-state index is 12.0. The molecule has 25 heavy (non-hydrogen) atoms. The minimum absolute atomic E-state index is 0.128. The highest BCUT2D eigenvalue weighted by Gasteiger charge is 2.09. The van der Waals surface area contributed by atoms with E-state index in [1.54, 1.807) is 24.3 Å². The predicted octanol–water partition coefficient (Wildman–Crippen LogP) is 4.37. The maximum absolute atomic E-state index is 12.0. The molecule has 2 rings (SSSR count). The molecular formula is C19H24N2O3S. The van der Waals surface area contributed by atoms with E-state index >= 15 is 0 Å². The molecule has 1 amide bonds. The molecular weight excluding hydrogens is 336 g/mol. The van der Waals surface area contributed by atoms with Crippen LogP contribution in [0.5, 0.6) is 0 Å². The number of aryl methyl sites for hydroxylation is 1. The van der Waals surface area contributed by atoms with E-state index in [0.29, 0.717) is 17.9 Å². The van der Waals surface area contributed by atoms with Crippen LogP contribution in [0, 0.1) is 6.92 Å². The molecule has 0 atom stereocenters. The first-order valence-corrected chi connectivity index (χ1v) is 9.44. The molecule has 1 heterocycles. The molecule has 0 bridgehead atoms. The van der Waals surface area contributed by atoms with E-state index in [-0.39, 0.29) is 18.3 Å². The minimum atomic E-state index is -0.327. The second-order valence-electron chi connectivity index (χ2n) is 5.86. The molecule has 5 nitrogen and oxygen atoms in total. The summed E-state index contributed by atoms with van der Waals surface area (Å²) in [6.07, 6.45) is 4.53. The number of nitrogens with one attached hydrogen (secondary N) is 1. The number of nitrogens with zero attached hydrogens (tertiary/aromatic N) is 1. The topological polar surface area (TPSA) is 68.3 Å². The van der Waals surface area contributed by atoms with Gasteiger partial charge in [0.05, 0.1) is 29.3 Å². The fourth-order valence-corrected chi connectivity index (χ4v) is 2.94. The van der Waals surface area contributed by atoms with Crippen molar-refractivity contribution < 1.29 is 14.3 Å². The van der Waals surface area contributed by atoms with E-state index in [1.165, 1.54) is 11.3 Å². The number of carbonyl (C=O) groups excluding carboxylic acids is 2. The average Bonchev–Trinajstić information content (AvgIpc) is 2.99. The Bertz CT molecular complexity index is 695. The van der Waals surface area contributed by atoms with Crippen LogP contribution in [0.3, 0.4) is 0 Å². The van der Waals surface area contributed by atoms with Crippen LogP contribution < -0.4 is 5.32 Å². The van der Waals surface area contributed by atoms with Crippen molar-refractivity contribution in [1.82, 2.24) is 4.98 Å². The molecule has 1 aromatic heterocycles. The van der Waals surface area contributed by atoms with Crippen molar-refractivity contribution in [3.05, 3.63) is 45.9 Å². The summed E-state index contributed by atoms with van der Waals surface area (Å²) in [4.78, 5) is 28.2. The van der Waals surface area contributed by atoms with Gasteiger partial charge in [-0.15, -0.1) is 11.3 Å². The molecule has 0 spiro atoms. The van der Waals surface area contributed by atoms with Crippen LogP contribution in [0.25, 0.3) is 0 Å². The van der Waals surface area contributed by atoms with Crippen LogP contribution in [-0.2, 0) is 16.0 Å². The number of ether oxygens (including phenoxy) is 1. The number of hydrogen-bond donors (Lipinski definition) is 1. The summed E-state index contributed by atoms with van der Waals surface area (Å²) >= 11 is 1.53. The van der Waals surface area contributed by atoms with Gasteiger partial charge in [0.1, 0.15) is 0 Å². The standard InChI is InChI=1S/C19H24N2O3S/c1-3-4-5-6-11-24-19(23)15-7-9-16(10-8-15)21-18(22)12-17-13-25-14(2)20-17/h7-10,13H,3-6,11-12H2,1-2H3,(H,21,22). The average molecular weight is 360 g/mol. The number of carbonyl (C=O) groups is 2. The van der Waals surface area contributed by atoms with E-state index in [2.05, 4.69) is 17.2 Å². The molecule has 0 saturated carbocycles. The Hall–Kier alpha value is -2.21. The fraction of sp³-hybridized carbons (Fsp3) is 0.421. The molecule has 0 aliphatic carbocycles. The first-order chi connectivity index (χ1) is 12.1. The van der Waals surface area contributed by atoms with Crippen LogP contribution >= 0.6 is 11.3 Å². The van der Waals surface area contributed by atoms with Gasteiger partial charge in [0.2, 0.25) is 5.91 Å². The highest BCUT2D eigenvalue weighted by molar-refractivity contribution is 7.09. The van der Waals surface area contributed by atoms with Crippen molar-refractivity contribution in [2.24, 2.45) is 0 Å². The Kier molecular flexibility index (Phi) is 7.60. The Labute approximate surface area is 152 Å². The van der Waals surface area contributed by atoms with Gasteiger partial charge in [0.15, 0.2) is 0 Å². The maximum Gasteiger partial charge on any atom is 0.338 e. The Balaban J connectivity index is 1.78. The molecule has 0 aliphatic rings. The summed E-state index contributed by atoms with van der Waals surface area (Å²) in [5.41, 5.74) is 1.91. The van der Waals surface area contributed by atoms with Crippen molar-refractivity contribution in [3.8, 4) is 0 Å². The van der Waals surface area contributed by atoms with Crippen LogP contribution in [0.15, 0.2) is 29.6 Å². The number of unbranched alkanes of at least 4 members (excludes halogenated alkanes) is 3. The molecule has 6 heteroatoms. The number of esters is 1. The third-order valence-electron chi connectivity index (χ3n) is 3.64. The number of hydrogen-bond acceptors (Lipinski definition) is 5. The Morgan fingerprint density at radius 2 is 1.92 bits per heavy atom. The molecule has 0 fully saturated rings. The van der Waals surface area contributed by atoms with Crippen molar-refractivity contribution in [2.75, 3.05) is 11.9 Å². The molecule has 134 valence electrons. The number of benzene rings is 1. The molecule has 2 aromatic rings. The van der Waals surface area contributed by atoms with Gasteiger partial charge >= 0.3 is 5.97 Å². The Morgan fingerprint density at radius 1 is 1.16 bits per heavy atom. The summed E-state index contributed by atoms with van der Waals surface area (Å²) in [5, 5.41) is 5.63. The Morgan fingerprint density at radius 3 is 2.56 bits per heavy atom. The lowest BCUT2D eigenvalue weighted by Gasteiger charge is -2.07. The second-order valence-corrected chi connectivity index (χ2v) is 6.92. The number of aromatic nitrogens is 1. The first kappa shape index (κ1) is 19.1. The van der Waals surface area contributed by atoms with Crippen LogP contribution in [0.4, 0.5) is 5.69 Å². The SMILES string of the molecule is CCCCCCOC(=O)c1ccc(NC(=O)Cc2csc(C)n2)cc1. The van der Waals surface area contributed by atoms with Gasteiger partial charge in [-0.3, -0.25) is 4.79 Å². The molecule has 0 unspecified atom stereocenters. The third kappa shape index (κ3) is 6.66. The normalized spacial score (nSPS) is 10.5. The van der Waals surface area contributed by atoms with Gasteiger partial charge in [-0.2, -0.15) is 0 Å². The molecule has 1 aromatic carbocycles. The largest absolute Gasteiger partial charge is 0.462 e. The lowest BCUT2D eigenvalue weighted by atomic mass is 10.2. The lowest BCUT2D eigenvalue weighted by molar-refractivity contribution is -0.115. The predicted molar refractivity (Wildman–Crippen MR) is 100 cm³/mol. The second kappa shape index (κ2) is 9.93. The van der Waals surface area contributed by atoms with E-state index < -0.39 is 0 Å². The number of thiazole rings is 1. The lowest BCUT2D eigenvalue weighted by Crippen LogP contribution is -2.14. The molecule has 0 radical (unpaired) electrons. The summed E-state index contributed by atoms with van der Waals surface area (Å²) in [5.74, 6) is -0.455. The van der Waals surface area contributed by atoms with Gasteiger partial charge in [-0.25, -0.2) is 9.78 Å². The van der Waals surface area contributed by atoms with Gasteiger partial charge in [0, 0.05) is 11.1 Å². The highest BCUT2D eigenvalue weighted by atomic mass is 32.1. The van der Waals surface area contributed by atoms with Crippen molar-refractivity contribution in [3.63, 3.8) is 0 Å². The minimum Gasteiger partial charge on any atom is -0.462 e. The number of amides is 1. The summed E-state index contributed by atoms with van der Waals surface area (Å²) < 4.78 is 5.24. The number of rotatable bonds is 9. The molecule has 0 aliphatic heterocycles. The van der Waals surface area contributed by atoms with E-state index in [1.807, 2.05) is 12.3 Å². The van der Waals surface area contributed by atoms with E-state index in [9.17, 15) is 9.59 Å². The van der Waals surface area contributed by atoms with Gasteiger partial charge in [0.25, 0.3) is 0 Å². The summed E-state index contributed by atoms with van der Waals surface area (Å²) in [6.45, 7) is 4.50. The van der Waals surface area contributed by atoms with Crippen LogP contribution in [-0.4, -0.2) is 23.5 Å². The van der Waals surface area contributed by atoms with Crippen molar-refractivity contribution >= 4 is 28.9 Å². The van der Waals surface area contributed by atoms with Gasteiger partial charge < -0.3 is 10.1 Å².